The first-order valence-corrected chi connectivity index (χ1v) is 9.11. The monoisotopic (exact) mass is 356 g/mol. The highest BCUT2D eigenvalue weighted by molar-refractivity contribution is 5.80. The molecule has 0 bridgehead atoms. The molecule has 0 aliphatic rings. The Morgan fingerprint density at radius 2 is 1.38 bits per heavy atom. The second-order valence-corrected chi connectivity index (χ2v) is 8.60. The van der Waals surface area contributed by atoms with Crippen LogP contribution in [0.5, 0.6) is 5.75 Å². The molecule has 2 aromatic carbocycles. The van der Waals surface area contributed by atoms with Gasteiger partial charge in [-0.2, -0.15) is 0 Å². The van der Waals surface area contributed by atoms with Crippen LogP contribution in [0.15, 0.2) is 48.5 Å². The van der Waals surface area contributed by atoms with Crippen molar-refractivity contribution in [1.29, 1.82) is 0 Å². The van der Waals surface area contributed by atoms with Gasteiger partial charge in [0.15, 0.2) is 0 Å². The number of carbonyl (C=O) groups excluding carboxylic acids is 1. The molecule has 1 atom stereocenters. The van der Waals surface area contributed by atoms with Gasteiger partial charge in [0.05, 0.1) is 5.41 Å². The SMILES string of the molecule is CC(C)CC(C)(C(=O)Oc1ccc(-c2ccc(F)cc2)cc1)C(C)(C)C. The van der Waals surface area contributed by atoms with Gasteiger partial charge in [-0.25, -0.2) is 4.39 Å². The minimum Gasteiger partial charge on any atom is -0.426 e. The van der Waals surface area contributed by atoms with Crippen molar-refractivity contribution in [1.82, 2.24) is 0 Å². The summed E-state index contributed by atoms with van der Waals surface area (Å²) in [5.74, 6) is 0.465. The highest BCUT2D eigenvalue weighted by Gasteiger charge is 2.46. The van der Waals surface area contributed by atoms with E-state index in [-0.39, 0.29) is 17.2 Å². The topological polar surface area (TPSA) is 26.3 Å². The van der Waals surface area contributed by atoms with Crippen molar-refractivity contribution in [3.05, 3.63) is 54.3 Å². The second-order valence-electron chi connectivity index (χ2n) is 8.60. The van der Waals surface area contributed by atoms with Crippen molar-refractivity contribution in [2.75, 3.05) is 0 Å². The van der Waals surface area contributed by atoms with E-state index in [1.165, 1.54) is 12.1 Å². The highest BCUT2D eigenvalue weighted by Crippen LogP contribution is 2.44. The number of ether oxygens (including phenoxy) is 1. The molecule has 0 fully saturated rings. The van der Waals surface area contributed by atoms with Gasteiger partial charge in [0.1, 0.15) is 11.6 Å². The molecule has 0 aliphatic carbocycles. The van der Waals surface area contributed by atoms with E-state index in [1.54, 1.807) is 24.3 Å². The number of benzene rings is 2. The fourth-order valence-corrected chi connectivity index (χ4v) is 3.09. The Kier molecular flexibility index (Phi) is 5.90. The molecule has 2 rings (SSSR count). The zero-order chi connectivity index (χ0) is 19.5. The summed E-state index contributed by atoms with van der Waals surface area (Å²) in [7, 11) is 0. The summed E-state index contributed by atoms with van der Waals surface area (Å²) in [5.41, 5.74) is 1.09. The average molecular weight is 356 g/mol. The molecule has 3 heteroatoms. The molecule has 0 amide bonds. The number of carbonyl (C=O) groups is 1. The fourth-order valence-electron chi connectivity index (χ4n) is 3.09. The lowest BCUT2D eigenvalue weighted by molar-refractivity contribution is -0.153. The summed E-state index contributed by atoms with van der Waals surface area (Å²) in [4.78, 5) is 12.9. The molecule has 26 heavy (non-hydrogen) atoms. The molecule has 0 aromatic heterocycles. The maximum atomic E-state index is 13.1. The molecular formula is C23H29FO2. The highest BCUT2D eigenvalue weighted by atomic mass is 19.1. The second kappa shape index (κ2) is 7.61. The van der Waals surface area contributed by atoms with Gasteiger partial charge < -0.3 is 4.74 Å². The molecule has 0 N–H and O–H groups in total. The third-order valence-corrected chi connectivity index (χ3v) is 5.16. The van der Waals surface area contributed by atoms with Crippen molar-refractivity contribution < 1.29 is 13.9 Å². The third kappa shape index (κ3) is 4.51. The number of hydrogen-bond donors (Lipinski definition) is 0. The molecule has 0 heterocycles. The van der Waals surface area contributed by atoms with E-state index in [1.807, 2.05) is 19.1 Å². The summed E-state index contributed by atoms with van der Waals surface area (Å²) >= 11 is 0. The minimum atomic E-state index is -0.573. The number of halogens is 1. The van der Waals surface area contributed by atoms with Gasteiger partial charge in [0, 0.05) is 0 Å². The summed E-state index contributed by atoms with van der Waals surface area (Å²) in [6.07, 6.45) is 0.767. The molecule has 0 radical (unpaired) electrons. The lowest BCUT2D eigenvalue weighted by atomic mass is 9.64. The molecule has 1 unspecified atom stereocenters. The third-order valence-electron chi connectivity index (χ3n) is 5.16. The van der Waals surface area contributed by atoms with Crippen molar-refractivity contribution in [3.63, 3.8) is 0 Å². The first kappa shape index (κ1) is 20.2. The Bertz CT molecular complexity index is 739. The number of rotatable bonds is 5. The van der Waals surface area contributed by atoms with Crippen LogP contribution in [0.25, 0.3) is 11.1 Å². The summed E-state index contributed by atoms with van der Waals surface area (Å²) in [5, 5.41) is 0. The Labute approximate surface area is 156 Å². The largest absolute Gasteiger partial charge is 0.426 e. The van der Waals surface area contributed by atoms with Crippen LogP contribution >= 0.6 is 0 Å². The first-order chi connectivity index (χ1) is 12.0. The molecule has 2 nitrogen and oxygen atoms in total. The molecule has 0 saturated carbocycles. The van der Waals surface area contributed by atoms with Gasteiger partial charge in [-0.05, 0) is 60.1 Å². The van der Waals surface area contributed by atoms with Gasteiger partial charge in [-0.3, -0.25) is 4.79 Å². The summed E-state index contributed by atoms with van der Waals surface area (Å²) in [6.45, 7) is 12.5. The fraction of sp³-hybridized carbons (Fsp3) is 0.435. The lowest BCUT2D eigenvalue weighted by Gasteiger charge is -2.40. The minimum absolute atomic E-state index is 0.201. The van der Waals surface area contributed by atoms with Gasteiger partial charge in [0.2, 0.25) is 0 Å². The predicted octanol–water partition coefficient (Wildman–Crippen LogP) is 6.50. The maximum absolute atomic E-state index is 13.1. The van der Waals surface area contributed by atoms with Crippen LogP contribution in [0.1, 0.15) is 48.0 Å². The van der Waals surface area contributed by atoms with Crippen LogP contribution < -0.4 is 4.74 Å². The standard InChI is InChI=1S/C23H29FO2/c1-16(2)15-23(6,22(3,4)5)21(25)26-20-13-9-18(10-14-20)17-7-11-19(24)12-8-17/h7-14,16H,15H2,1-6H3. The van der Waals surface area contributed by atoms with E-state index in [0.717, 1.165) is 17.5 Å². The smallest absolute Gasteiger partial charge is 0.317 e. The zero-order valence-corrected chi connectivity index (χ0v) is 16.6. The Balaban J connectivity index is 2.19. The van der Waals surface area contributed by atoms with Crippen molar-refractivity contribution in [2.45, 2.75) is 48.0 Å². The van der Waals surface area contributed by atoms with Crippen LogP contribution in [0, 0.1) is 22.6 Å². The number of hydrogen-bond acceptors (Lipinski definition) is 2. The first-order valence-electron chi connectivity index (χ1n) is 9.11. The molecule has 2 aromatic rings. The van der Waals surface area contributed by atoms with Crippen LogP contribution in [-0.2, 0) is 4.79 Å². The normalized spacial score (nSPS) is 14.2. The van der Waals surface area contributed by atoms with E-state index in [2.05, 4.69) is 34.6 Å². The van der Waals surface area contributed by atoms with Crippen LogP contribution in [0.2, 0.25) is 0 Å². The van der Waals surface area contributed by atoms with Crippen molar-refractivity contribution in [3.8, 4) is 16.9 Å². The summed E-state index contributed by atoms with van der Waals surface area (Å²) < 4.78 is 18.8. The van der Waals surface area contributed by atoms with Crippen molar-refractivity contribution >= 4 is 5.97 Å². The van der Waals surface area contributed by atoms with Gasteiger partial charge in [0.25, 0.3) is 0 Å². The molecule has 140 valence electrons. The van der Waals surface area contributed by atoms with E-state index in [4.69, 9.17) is 4.74 Å². The van der Waals surface area contributed by atoms with Gasteiger partial charge in [-0.1, -0.05) is 58.9 Å². The quantitative estimate of drug-likeness (QED) is 0.452. The van der Waals surface area contributed by atoms with Gasteiger partial charge >= 0.3 is 5.97 Å². The Morgan fingerprint density at radius 1 is 0.923 bits per heavy atom. The molecule has 0 saturated heterocycles. The maximum Gasteiger partial charge on any atom is 0.317 e. The Hall–Kier alpha value is -2.16. The lowest BCUT2D eigenvalue weighted by Crippen LogP contribution is -2.44. The van der Waals surface area contributed by atoms with E-state index >= 15 is 0 Å². The predicted molar refractivity (Wildman–Crippen MR) is 104 cm³/mol. The van der Waals surface area contributed by atoms with Crippen LogP contribution in [0.3, 0.4) is 0 Å². The van der Waals surface area contributed by atoms with E-state index in [9.17, 15) is 9.18 Å². The van der Waals surface area contributed by atoms with Crippen molar-refractivity contribution in [2.24, 2.45) is 16.7 Å². The van der Waals surface area contributed by atoms with E-state index in [0.29, 0.717) is 11.7 Å². The molecule has 0 spiro atoms. The average Bonchev–Trinajstić information content (AvgIpc) is 2.54. The molecule has 0 aliphatic heterocycles. The zero-order valence-electron chi connectivity index (χ0n) is 16.6. The van der Waals surface area contributed by atoms with Crippen LogP contribution in [-0.4, -0.2) is 5.97 Å². The van der Waals surface area contributed by atoms with Crippen LogP contribution in [0.4, 0.5) is 4.39 Å². The number of esters is 1. The van der Waals surface area contributed by atoms with Gasteiger partial charge in [-0.15, -0.1) is 0 Å². The molecular weight excluding hydrogens is 327 g/mol. The van der Waals surface area contributed by atoms with E-state index < -0.39 is 5.41 Å². The summed E-state index contributed by atoms with van der Waals surface area (Å²) in [6, 6.07) is 13.7. The Morgan fingerprint density at radius 3 is 1.81 bits per heavy atom.